The van der Waals surface area contributed by atoms with E-state index in [2.05, 4.69) is 21.9 Å². The zero-order chi connectivity index (χ0) is 15.4. The van der Waals surface area contributed by atoms with Crippen LogP contribution in [0, 0.1) is 0 Å². The Morgan fingerprint density at radius 1 is 1.23 bits per heavy atom. The average molecular weight is 305 g/mol. The molecule has 7 nitrogen and oxygen atoms in total. The van der Waals surface area contributed by atoms with E-state index in [1.807, 2.05) is 9.80 Å². The van der Waals surface area contributed by atoms with Crippen LogP contribution in [-0.2, 0) is 0 Å². The molecule has 1 atom stereocenters. The van der Waals surface area contributed by atoms with Crippen molar-refractivity contribution in [1.82, 2.24) is 24.7 Å². The van der Waals surface area contributed by atoms with Crippen molar-refractivity contribution in [3.05, 3.63) is 18.6 Å². The van der Waals surface area contributed by atoms with Gasteiger partial charge >= 0.3 is 6.03 Å². The van der Waals surface area contributed by atoms with Crippen LogP contribution in [0.1, 0.15) is 12.8 Å². The van der Waals surface area contributed by atoms with E-state index in [9.17, 15) is 4.79 Å². The number of nitrogens with zero attached hydrogens (tertiary/aromatic N) is 5. The van der Waals surface area contributed by atoms with Gasteiger partial charge in [0.05, 0.1) is 6.54 Å². The Morgan fingerprint density at radius 3 is 2.77 bits per heavy atom. The third kappa shape index (κ3) is 3.65. The topological polar surface area (TPSA) is 61.8 Å². The molecule has 2 saturated heterocycles. The lowest BCUT2D eigenvalue weighted by atomic mass is 10.1. The fourth-order valence-electron chi connectivity index (χ4n) is 2.92. The van der Waals surface area contributed by atoms with Crippen LogP contribution in [-0.4, -0.2) is 83.1 Å². The molecule has 0 aromatic carbocycles. The second kappa shape index (κ2) is 6.91. The maximum absolute atomic E-state index is 12.6. The summed E-state index contributed by atoms with van der Waals surface area (Å²) in [5, 5.41) is 0. The quantitative estimate of drug-likeness (QED) is 0.804. The van der Waals surface area contributed by atoms with Crippen LogP contribution in [0.3, 0.4) is 0 Å². The van der Waals surface area contributed by atoms with E-state index >= 15 is 0 Å². The number of hydrogen-bond donors (Lipinski definition) is 0. The number of ether oxygens (including phenoxy) is 1. The Morgan fingerprint density at radius 2 is 2.05 bits per heavy atom. The maximum Gasteiger partial charge on any atom is 0.320 e. The van der Waals surface area contributed by atoms with E-state index in [4.69, 9.17) is 4.74 Å². The number of carbonyl (C=O) groups is 1. The second-order valence-corrected chi connectivity index (χ2v) is 5.95. The molecule has 2 fully saturated rings. The van der Waals surface area contributed by atoms with Crippen LogP contribution in [0.25, 0.3) is 0 Å². The van der Waals surface area contributed by atoms with Gasteiger partial charge in [-0.15, -0.1) is 0 Å². The number of aromatic nitrogens is 2. The van der Waals surface area contributed by atoms with Gasteiger partial charge in [-0.05, 0) is 19.9 Å². The van der Waals surface area contributed by atoms with Gasteiger partial charge in [0.2, 0.25) is 5.88 Å². The molecule has 1 aromatic heterocycles. The Bertz CT molecular complexity index is 490. The summed E-state index contributed by atoms with van der Waals surface area (Å²) in [6.45, 7) is 4.96. The van der Waals surface area contributed by atoms with Crippen LogP contribution in [0.15, 0.2) is 18.6 Å². The lowest BCUT2D eigenvalue weighted by Crippen LogP contribution is -2.54. The number of amides is 2. The summed E-state index contributed by atoms with van der Waals surface area (Å²) in [6.07, 6.45) is 5.08. The summed E-state index contributed by atoms with van der Waals surface area (Å²) < 4.78 is 5.87. The first-order chi connectivity index (χ1) is 10.7. The number of urea groups is 1. The molecule has 3 heterocycles. The maximum atomic E-state index is 12.6. The van der Waals surface area contributed by atoms with Crippen molar-refractivity contribution in [2.24, 2.45) is 0 Å². The summed E-state index contributed by atoms with van der Waals surface area (Å²) in [7, 11) is 2.09. The van der Waals surface area contributed by atoms with Gasteiger partial charge in [-0.1, -0.05) is 0 Å². The van der Waals surface area contributed by atoms with Gasteiger partial charge in [0.25, 0.3) is 0 Å². The van der Waals surface area contributed by atoms with Crippen LogP contribution < -0.4 is 4.74 Å². The monoisotopic (exact) mass is 305 g/mol. The first-order valence-electron chi connectivity index (χ1n) is 7.87. The van der Waals surface area contributed by atoms with E-state index in [0.29, 0.717) is 12.4 Å². The normalized spacial score (nSPS) is 23.4. The lowest BCUT2D eigenvalue weighted by Gasteiger charge is -2.39. The summed E-state index contributed by atoms with van der Waals surface area (Å²) in [5.41, 5.74) is 0. The fraction of sp³-hybridized carbons (Fsp3) is 0.667. The van der Waals surface area contributed by atoms with Gasteiger partial charge in [-0.3, -0.25) is 0 Å². The Balaban J connectivity index is 1.55. The highest BCUT2D eigenvalue weighted by Gasteiger charge is 2.29. The molecule has 0 aliphatic carbocycles. The minimum Gasteiger partial charge on any atom is -0.472 e. The van der Waals surface area contributed by atoms with E-state index in [1.165, 1.54) is 6.33 Å². The summed E-state index contributed by atoms with van der Waals surface area (Å²) in [4.78, 5) is 26.7. The summed E-state index contributed by atoms with van der Waals surface area (Å²) >= 11 is 0. The SMILES string of the molecule is CN1CCN(C(=O)N2CCCC(Oc3ccncn3)C2)CC1. The number of piperazine rings is 1. The molecule has 1 unspecified atom stereocenters. The van der Waals surface area contributed by atoms with E-state index < -0.39 is 0 Å². The van der Waals surface area contributed by atoms with Crippen LogP contribution in [0.5, 0.6) is 5.88 Å². The highest BCUT2D eigenvalue weighted by molar-refractivity contribution is 5.74. The minimum absolute atomic E-state index is 0.0139. The number of hydrogen-bond acceptors (Lipinski definition) is 5. The van der Waals surface area contributed by atoms with Crippen LogP contribution in [0.2, 0.25) is 0 Å². The van der Waals surface area contributed by atoms with Gasteiger partial charge in [-0.2, -0.15) is 0 Å². The molecule has 2 aliphatic rings. The number of likely N-dealkylation sites (N-methyl/N-ethyl adjacent to an activating group) is 1. The largest absolute Gasteiger partial charge is 0.472 e. The number of carbonyl (C=O) groups excluding carboxylic acids is 1. The summed E-state index contributed by atoms with van der Waals surface area (Å²) in [6, 6.07) is 1.89. The van der Waals surface area contributed by atoms with Crippen molar-refractivity contribution < 1.29 is 9.53 Å². The fourth-order valence-corrected chi connectivity index (χ4v) is 2.92. The molecule has 7 heteroatoms. The molecule has 2 aliphatic heterocycles. The number of likely N-dealkylation sites (tertiary alicyclic amines) is 1. The van der Waals surface area contributed by atoms with Gasteiger partial charge in [0, 0.05) is 45.0 Å². The van der Waals surface area contributed by atoms with Crippen molar-refractivity contribution in [3.63, 3.8) is 0 Å². The third-order valence-corrected chi connectivity index (χ3v) is 4.26. The van der Waals surface area contributed by atoms with Crippen molar-refractivity contribution in [3.8, 4) is 5.88 Å². The second-order valence-electron chi connectivity index (χ2n) is 5.95. The van der Waals surface area contributed by atoms with Crippen LogP contribution in [0.4, 0.5) is 4.79 Å². The number of piperidine rings is 1. The molecule has 0 bridgehead atoms. The molecule has 120 valence electrons. The zero-order valence-electron chi connectivity index (χ0n) is 13.0. The molecule has 0 N–H and O–H groups in total. The van der Waals surface area contributed by atoms with Gasteiger partial charge in [0.15, 0.2) is 0 Å². The predicted molar refractivity (Wildman–Crippen MR) is 81.7 cm³/mol. The first-order valence-corrected chi connectivity index (χ1v) is 7.87. The molecular formula is C15H23N5O2. The highest BCUT2D eigenvalue weighted by atomic mass is 16.5. The average Bonchev–Trinajstić information content (AvgIpc) is 2.56. The smallest absolute Gasteiger partial charge is 0.320 e. The molecule has 22 heavy (non-hydrogen) atoms. The standard InChI is InChI=1S/C15H23N5O2/c1-18-7-9-19(10-8-18)15(21)20-6-2-3-13(11-20)22-14-4-5-16-12-17-14/h4-5,12-13H,2-3,6-11H2,1H3. The van der Waals surface area contributed by atoms with Crippen LogP contribution >= 0.6 is 0 Å². The highest BCUT2D eigenvalue weighted by Crippen LogP contribution is 2.17. The minimum atomic E-state index is 0.0139. The van der Waals surface area contributed by atoms with Crippen molar-refractivity contribution in [2.75, 3.05) is 46.3 Å². The van der Waals surface area contributed by atoms with Crippen molar-refractivity contribution in [1.29, 1.82) is 0 Å². The van der Waals surface area contributed by atoms with Gasteiger partial charge < -0.3 is 19.4 Å². The number of rotatable bonds is 2. The van der Waals surface area contributed by atoms with Crippen molar-refractivity contribution in [2.45, 2.75) is 18.9 Å². The first kappa shape index (κ1) is 15.0. The Kier molecular flexibility index (Phi) is 4.72. The molecule has 3 rings (SSSR count). The van der Waals surface area contributed by atoms with E-state index in [-0.39, 0.29) is 12.1 Å². The van der Waals surface area contributed by atoms with Gasteiger partial charge in [0.1, 0.15) is 12.4 Å². The van der Waals surface area contributed by atoms with E-state index in [0.717, 1.165) is 45.6 Å². The summed E-state index contributed by atoms with van der Waals surface area (Å²) in [5.74, 6) is 0.578. The predicted octanol–water partition coefficient (Wildman–Crippen LogP) is 0.687. The van der Waals surface area contributed by atoms with Crippen molar-refractivity contribution >= 4 is 6.03 Å². The molecule has 1 aromatic rings. The van der Waals surface area contributed by atoms with E-state index in [1.54, 1.807) is 12.3 Å². The molecule has 0 saturated carbocycles. The third-order valence-electron chi connectivity index (χ3n) is 4.26. The molecule has 2 amide bonds. The zero-order valence-corrected chi connectivity index (χ0v) is 13.0. The van der Waals surface area contributed by atoms with Gasteiger partial charge in [-0.25, -0.2) is 14.8 Å². The molecule has 0 spiro atoms. The Labute approximate surface area is 130 Å². The molecular weight excluding hydrogens is 282 g/mol. The Hall–Kier alpha value is -1.89. The lowest BCUT2D eigenvalue weighted by molar-refractivity contribution is 0.0730. The molecule has 0 radical (unpaired) electrons.